The average Bonchev–Trinajstić information content (AvgIpc) is 2.55. The van der Waals surface area contributed by atoms with Gasteiger partial charge in [-0.2, -0.15) is 0 Å². The van der Waals surface area contributed by atoms with E-state index in [-0.39, 0.29) is 0 Å². The standard InChI is InChI=1S/C18H12N4/c1-11-5-4-8-15-16(11)17-13-7-3-2-6-12(13)9-10-14(17)18(20-15)21-22-19/h2-10H,1H3. The van der Waals surface area contributed by atoms with Crippen LogP contribution in [0.2, 0.25) is 0 Å². The third-order valence-electron chi connectivity index (χ3n) is 4.04. The molecule has 0 radical (unpaired) electrons. The van der Waals surface area contributed by atoms with Gasteiger partial charge in [-0.3, -0.25) is 0 Å². The molecule has 22 heavy (non-hydrogen) atoms. The van der Waals surface area contributed by atoms with Gasteiger partial charge in [0.2, 0.25) is 0 Å². The quantitative estimate of drug-likeness (QED) is 0.189. The molecule has 0 unspecified atom stereocenters. The first-order valence-electron chi connectivity index (χ1n) is 7.05. The Balaban J connectivity index is 2.40. The fourth-order valence-electron chi connectivity index (χ4n) is 3.09. The molecule has 0 aliphatic rings. The van der Waals surface area contributed by atoms with Crippen molar-refractivity contribution in [1.29, 1.82) is 0 Å². The van der Waals surface area contributed by atoms with Crippen molar-refractivity contribution >= 4 is 38.3 Å². The van der Waals surface area contributed by atoms with Crippen LogP contribution in [0.5, 0.6) is 0 Å². The van der Waals surface area contributed by atoms with Crippen molar-refractivity contribution < 1.29 is 0 Å². The van der Waals surface area contributed by atoms with Gasteiger partial charge < -0.3 is 0 Å². The summed E-state index contributed by atoms with van der Waals surface area (Å²) in [5.41, 5.74) is 10.9. The summed E-state index contributed by atoms with van der Waals surface area (Å²) in [4.78, 5) is 7.47. The molecule has 4 aromatic rings. The number of azide groups is 1. The summed E-state index contributed by atoms with van der Waals surface area (Å²) in [6, 6.07) is 18.3. The Morgan fingerprint density at radius 3 is 2.64 bits per heavy atom. The van der Waals surface area contributed by atoms with E-state index in [4.69, 9.17) is 5.53 Å². The van der Waals surface area contributed by atoms with Crippen molar-refractivity contribution in [3.8, 4) is 0 Å². The Hall–Kier alpha value is -3.10. The lowest BCUT2D eigenvalue weighted by Crippen LogP contribution is -1.88. The maximum atomic E-state index is 8.84. The number of hydrogen-bond acceptors (Lipinski definition) is 2. The van der Waals surface area contributed by atoms with Crippen LogP contribution < -0.4 is 0 Å². The molecular formula is C18H12N4. The van der Waals surface area contributed by atoms with Gasteiger partial charge in [0, 0.05) is 21.1 Å². The lowest BCUT2D eigenvalue weighted by atomic mass is 9.96. The van der Waals surface area contributed by atoms with Crippen LogP contribution in [0.15, 0.2) is 59.7 Å². The fourth-order valence-corrected chi connectivity index (χ4v) is 3.09. The van der Waals surface area contributed by atoms with Crippen LogP contribution in [-0.2, 0) is 0 Å². The lowest BCUT2D eigenvalue weighted by Gasteiger charge is -2.11. The van der Waals surface area contributed by atoms with E-state index in [2.05, 4.69) is 40.1 Å². The van der Waals surface area contributed by atoms with Crippen LogP contribution in [0, 0.1) is 6.92 Å². The van der Waals surface area contributed by atoms with E-state index in [1.807, 2.05) is 36.4 Å². The second kappa shape index (κ2) is 4.72. The smallest absolute Gasteiger partial charge is 0.135 e. The highest BCUT2D eigenvalue weighted by atomic mass is 15.2. The summed E-state index contributed by atoms with van der Waals surface area (Å²) in [5.74, 6) is 0.432. The molecule has 1 aromatic heterocycles. The van der Waals surface area contributed by atoms with Crippen molar-refractivity contribution in [2.75, 3.05) is 0 Å². The molecule has 0 atom stereocenters. The highest BCUT2D eigenvalue weighted by Crippen LogP contribution is 2.37. The number of pyridine rings is 1. The summed E-state index contributed by atoms with van der Waals surface area (Å²) >= 11 is 0. The third-order valence-corrected chi connectivity index (χ3v) is 4.04. The molecule has 0 fully saturated rings. The van der Waals surface area contributed by atoms with E-state index in [1.54, 1.807) is 0 Å². The van der Waals surface area contributed by atoms with E-state index in [0.29, 0.717) is 5.82 Å². The zero-order valence-corrected chi connectivity index (χ0v) is 12.0. The second-order valence-corrected chi connectivity index (χ2v) is 5.30. The van der Waals surface area contributed by atoms with Gasteiger partial charge >= 0.3 is 0 Å². The monoisotopic (exact) mass is 284 g/mol. The SMILES string of the molecule is Cc1cccc2nc(N=[N+]=[N-])c3ccc4ccccc4c3c12. The van der Waals surface area contributed by atoms with Gasteiger partial charge in [0.05, 0.1) is 5.52 Å². The topological polar surface area (TPSA) is 61.7 Å². The van der Waals surface area contributed by atoms with Gasteiger partial charge in [-0.25, -0.2) is 4.98 Å². The Labute approximate surface area is 126 Å². The minimum Gasteiger partial charge on any atom is -0.245 e. The second-order valence-electron chi connectivity index (χ2n) is 5.30. The molecule has 3 aromatic carbocycles. The summed E-state index contributed by atoms with van der Waals surface area (Å²) in [7, 11) is 0. The van der Waals surface area contributed by atoms with Crippen LogP contribution in [0.25, 0.3) is 42.9 Å². The number of nitrogens with zero attached hydrogens (tertiary/aromatic N) is 4. The van der Waals surface area contributed by atoms with Gasteiger partial charge in [0.1, 0.15) is 5.82 Å². The Bertz CT molecular complexity index is 1090. The minimum atomic E-state index is 0.432. The van der Waals surface area contributed by atoms with Crippen molar-refractivity contribution in [3.05, 3.63) is 70.6 Å². The average molecular weight is 284 g/mol. The van der Waals surface area contributed by atoms with Gasteiger partial charge in [0.25, 0.3) is 0 Å². The normalized spacial score (nSPS) is 11.0. The number of rotatable bonds is 1. The van der Waals surface area contributed by atoms with Gasteiger partial charge in [-0.05, 0) is 40.0 Å². The van der Waals surface area contributed by atoms with Crippen LogP contribution in [0.1, 0.15) is 5.56 Å². The molecule has 0 amide bonds. The Morgan fingerprint density at radius 1 is 0.909 bits per heavy atom. The van der Waals surface area contributed by atoms with Crippen LogP contribution in [0.3, 0.4) is 0 Å². The van der Waals surface area contributed by atoms with Crippen LogP contribution in [0.4, 0.5) is 5.82 Å². The highest BCUT2D eigenvalue weighted by Gasteiger charge is 2.11. The van der Waals surface area contributed by atoms with Crippen molar-refractivity contribution in [2.45, 2.75) is 6.92 Å². The number of aromatic nitrogens is 1. The van der Waals surface area contributed by atoms with Gasteiger partial charge in [0.15, 0.2) is 0 Å². The molecule has 0 aliphatic carbocycles. The third kappa shape index (κ3) is 1.72. The largest absolute Gasteiger partial charge is 0.245 e. The molecule has 0 N–H and O–H groups in total. The van der Waals surface area contributed by atoms with Gasteiger partial charge in [-0.15, -0.1) is 0 Å². The first kappa shape index (κ1) is 12.6. The number of fused-ring (bicyclic) bond motifs is 5. The summed E-state index contributed by atoms with van der Waals surface area (Å²) in [6.07, 6.45) is 0. The van der Waals surface area contributed by atoms with E-state index in [0.717, 1.165) is 32.4 Å². The fraction of sp³-hybridized carbons (Fsp3) is 0.0556. The lowest BCUT2D eigenvalue weighted by molar-refractivity contribution is 1.33. The molecule has 4 rings (SSSR count). The molecule has 0 saturated heterocycles. The molecular weight excluding hydrogens is 272 g/mol. The van der Waals surface area contributed by atoms with E-state index in [9.17, 15) is 0 Å². The molecule has 1 heterocycles. The maximum Gasteiger partial charge on any atom is 0.135 e. The molecule has 104 valence electrons. The molecule has 0 bridgehead atoms. The van der Waals surface area contributed by atoms with Crippen molar-refractivity contribution in [1.82, 2.24) is 4.98 Å². The molecule has 0 saturated carbocycles. The van der Waals surface area contributed by atoms with Crippen molar-refractivity contribution in [2.24, 2.45) is 5.11 Å². The summed E-state index contributed by atoms with van der Waals surface area (Å²) < 4.78 is 0. The molecule has 4 heteroatoms. The Morgan fingerprint density at radius 2 is 1.77 bits per heavy atom. The zero-order valence-electron chi connectivity index (χ0n) is 12.0. The predicted molar refractivity (Wildman–Crippen MR) is 90.3 cm³/mol. The number of aryl methyl sites for hydroxylation is 1. The molecule has 0 aliphatic heterocycles. The summed E-state index contributed by atoms with van der Waals surface area (Å²) in [6.45, 7) is 2.08. The molecule has 0 spiro atoms. The zero-order chi connectivity index (χ0) is 15.1. The van der Waals surface area contributed by atoms with Crippen LogP contribution in [-0.4, -0.2) is 4.98 Å². The summed E-state index contributed by atoms with van der Waals surface area (Å²) in [5, 5.41) is 9.21. The molecule has 4 nitrogen and oxygen atoms in total. The predicted octanol–water partition coefficient (Wildman–Crippen LogP) is 5.79. The first-order valence-corrected chi connectivity index (χ1v) is 7.05. The number of benzene rings is 3. The van der Waals surface area contributed by atoms with E-state index < -0.39 is 0 Å². The maximum absolute atomic E-state index is 8.84. The number of hydrogen-bond donors (Lipinski definition) is 0. The van der Waals surface area contributed by atoms with E-state index >= 15 is 0 Å². The highest BCUT2D eigenvalue weighted by molar-refractivity contribution is 6.22. The minimum absolute atomic E-state index is 0.432. The Kier molecular flexibility index (Phi) is 2.71. The first-order chi connectivity index (χ1) is 10.8. The van der Waals surface area contributed by atoms with E-state index in [1.165, 1.54) is 5.56 Å². The van der Waals surface area contributed by atoms with Crippen LogP contribution >= 0.6 is 0 Å². The van der Waals surface area contributed by atoms with Gasteiger partial charge in [-0.1, -0.05) is 48.5 Å². The van der Waals surface area contributed by atoms with Crippen molar-refractivity contribution in [3.63, 3.8) is 0 Å².